The summed E-state index contributed by atoms with van der Waals surface area (Å²) in [5.41, 5.74) is 1.93. The van der Waals surface area contributed by atoms with Gasteiger partial charge in [0, 0.05) is 5.56 Å². The predicted molar refractivity (Wildman–Crippen MR) is 106 cm³/mol. The maximum absolute atomic E-state index is 14.3. The zero-order chi connectivity index (χ0) is 20.9. The standard InChI is InChI=1S/C24H20F4O/c1-2-3-4-5-17-6-9-19(23(25)15-17)10-7-18-8-11-21-16-22(29-24(26,27)28)13-12-20(21)14-18/h6,8-9,11-16H,2-5H2,1H3. The van der Waals surface area contributed by atoms with E-state index in [9.17, 15) is 17.6 Å². The van der Waals surface area contributed by atoms with E-state index in [0.717, 1.165) is 36.6 Å². The van der Waals surface area contributed by atoms with E-state index in [1.165, 1.54) is 24.3 Å². The van der Waals surface area contributed by atoms with E-state index in [-0.39, 0.29) is 11.6 Å². The molecule has 0 saturated carbocycles. The Morgan fingerprint density at radius 3 is 2.34 bits per heavy atom. The molecule has 0 atom stereocenters. The number of benzene rings is 3. The highest BCUT2D eigenvalue weighted by Gasteiger charge is 2.31. The van der Waals surface area contributed by atoms with Crippen molar-refractivity contribution in [2.75, 3.05) is 0 Å². The molecule has 0 aromatic heterocycles. The molecule has 0 heterocycles. The second kappa shape index (κ2) is 9.00. The average Bonchev–Trinajstić information content (AvgIpc) is 2.66. The smallest absolute Gasteiger partial charge is 0.406 e. The van der Waals surface area contributed by atoms with Gasteiger partial charge in [0.2, 0.25) is 0 Å². The number of alkyl halides is 3. The molecule has 5 heteroatoms. The van der Waals surface area contributed by atoms with E-state index in [0.29, 0.717) is 16.5 Å². The summed E-state index contributed by atoms with van der Waals surface area (Å²) < 4.78 is 55.2. The highest BCUT2D eigenvalue weighted by molar-refractivity contribution is 5.85. The van der Waals surface area contributed by atoms with E-state index < -0.39 is 6.36 Å². The highest BCUT2D eigenvalue weighted by Crippen LogP contribution is 2.27. The third-order valence-electron chi connectivity index (χ3n) is 4.49. The molecule has 3 rings (SSSR count). The molecular weight excluding hydrogens is 380 g/mol. The van der Waals surface area contributed by atoms with Crippen LogP contribution in [0.4, 0.5) is 17.6 Å². The van der Waals surface area contributed by atoms with Crippen molar-refractivity contribution in [3.05, 3.63) is 77.1 Å². The second-order valence-electron chi connectivity index (χ2n) is 6.79. The van der Waals surface area contributed by atoms with Gasteiger partial charge in [-0.1, -0.05) is 49.8 Å². The van der Waals surface area contributed by atoms with Crippen LogP contribution in [-0.4, -0.2) is 6.36 Å². The molecule has 3 aromatic rings. The number of ether oxygens (including phenoxy) is 1. The van der Waals surface area contributed by atoms with Crippen molar-refractivity contribution in [1.29, 1.82) is 0 Å². The van der Waals surface area contributed by atoms with Gasteiger partial charge in [-0.2, -0.15) is 0 Å². The molecule has 150 valence electrons. The van der Waals surface area contributed by atoms with Crippen LogP contribution < -0.4 is 4.74 Å². The van der Waals surface area contributed by atoms with Gasteiger partial charge in [0.25, 0.3) is 0 Å². The molecule has 0 fully saturated rings. The SMILES string of the molecule is CCCCCc1ccc(C#Cc2ccc3cc(OC(F)(F)F)ccc3c2)c(F)c1. The molecule has 0 aliphatic heterocycles. The van der Waals surface area contributed by atoms with Crippen LogP contribution in [0.3, 0.4) is 0 Å². The van der Waals surface area contributed by atoms with Crippen LogP contribution in [0, 0.1) is 17.7 Å². The number of rotatable bonds is 5. The lowest BCUT2D eigenvalue weighted by Crippen LogP contribution is -2.16. The first-order chi connectivity index (χ1) is 13.8. The number of unbranched alkanes of at least 4 members (excludes halogenated alkanes) is 2. The summed E-state index contributed by atoms with van der Waals surface area (Å²) in [4.78, 5) is 0. The van der Waals surface area contributed by atoms with Gasteiger partial charge in [-0.25, -0.2) is 4.39 Å². The van der Waals surface area contributed by atoms with Crippen LogP contribution in [0.15, 0.2) is 54.6 Å². The molecule has 0 spiro atoms. The molecule has 0 aliphatic rings. The molecule has 29 heavy (non-hydrogen) atoms. The van der Waals surface area contributed by atoms with Crippen LogP contribution in [0.25, 0.3) is 10.8 Å². The summed E-state index contributed by atoms with van der Waals surface area (Å²) in [5, 5.41) is 1.32. The molecule has 0 N–H and O–H groups in total. The normalized spacial score (nSPS) is 11.2. The molecule has 0 amide bonds. The van der Waals surface area contributed by atoms with Crippen LogP contribution in [0.1, 0.15) is 42.9 Å². The van der Waals surface area contributed by atoms with Gasteiger partial charge in [-0.15, -0.1) is 13.2 Å². The van der Waals surface area contributed by atoms with Crippen molar-refractivity contribution in [1.82, 2.24) is 0 Å². The molecule has 3 aromatic carbocycles. The maximum atomic E-state index is 14.3. The Balaban J connectivity index is 1.77. The van der Waals surface area contributed by atoms with Gasteiger partial charge < -0.3 is 4.74 Å². The van der Waals surface area contributed by atoms with Crippen molar-refractivity contribution in [3.63, 3.8) is 0 Å². The highest BCUT2D eigenvalue weighted by atomic mass is 19.4. The first kappa shape index (κ1) is 20.7. The minimum absolute atomic E-state index is 0.273. The molecule has 0 radical (unpaired) electrons. The van der Waals surface area contributed by atoms with Crippen molar-refractivity contribution in [2.45, 2.75) is 39.0 Å². The van der Waals surface area contributed by atoms with Gasteiger partial charge in [0.1, 0.15) is 11.6 Å². The summed E-state index contributed by atoms with van der Waals surface area (Å²) in [5.74, 6) is 5.13. The van der Waals surface area contributed by atoms with Crippen LogP contribution in [-0.2, 0) is 6.42 Å². The third-order valence-corrected chi connectivity index (χ3v) is 4.49. The van der Waals surface area contributed by atoms with E-state index in [1.54, 1.807) is 24.3 Å². The van der Waals surface area contributed by atoms with Crippen molar-refractivity contribution in [3.8, 4) is 17.6 Å². The minimum atomic E-state index is -4.73. The van der Waals surface area contributed by atoms with E-state index >= 15 is 0 Å². The van der Waals surface area contributed by atoms with Crippen LogP contribution in [0.2, 0.25) is 0 Å². The number of hydrogen-bond acceptors (Lipinski definition) is 1. The lowest BCUT2D eigenvalue weighted by atomic mass is 10.0. The first-order valence-electron chi connectivity index (χ1n) is 9.44. The van der Waals surface area contributed by atoms with Gasteiger partial charge in [-0.3, -0.25) is 0 Å². The summed E-state index contributed by atoms with van der Waals surface area (Å²) in [6.07, 6.45) is -0.602. The van der Waals surface area contributed by atoms with E-state index in [4.69, 9.17) is 0 Å². The fourth-order valence-corrected chi connectivity index (χ4v) is 3.03. The van der Waals surface area contributed by atoms with Crippen LogP contribution in [0.5, 0.6) is 5.75 Å². The number of aryl methyl sites for hydroxylation is 1. The van der Waals surface area contributed by atoms with Gasteiger partial charge in [0.15, 0.2) is 0 Å². The monoisotopic (exact) mass is 400 g/mol. The molecule has 0 bridgehead atoms. The van der Waals surface area contributed by atoms with Crippen molar-refractivity contribution < 1.29 is 22.3 Å². The Hall–Kier alpha value is -3.00. The quantitative estimate of drug-likeness (QED) is 0.254. The van der Waals surface area contributed by atoms with Gasteiger partial charge in [-0.05, 0) is 65.6 Å². The van der Waals surface area contributed by atoms with E-state index in [2.05, 4.69) is 23.5 Å². The maximum Gasteiger partial charge on any atom is 0.573 e. The zero-order valence-corrected chi connectivity index (χ0v) is 15.9. The fourth-order valence-electron chi connectivity index (χ4n) is 3.03. The Morgan fingerprint density at radius 1 is 0.862 bits per heavy atom. The lowest BCUT2D eigenvalue weighted by molar-refractivity contribution is -0.274. The molecule has 1 nitrogen and oxygen atoms in total. The van der Waals surface area contributed by atoms with Gasteiger partial charge >= 0.3 is 6.36 Å². The molecule has 0 aliphatic carbocycles. The topological polar surface area (TPSA) is 9.23 Å². The summed E-state index contributed by atoms with van der Waals surface area (Å²) in [6.45, 7) is 2.13. The molecule has 0 unspecified atom stereocenters. The van der Waals surface area contributed by atoms with Crippen molar-refractivity contribution >= 4 is 10.8 Å². The number of fused-ring (bicyclic) bond motifs is 1. The summed E-state index contributed by atoms with van der Waals surface area (Å²) in [7, 11) is 0. The predicted octanol–water partition coefficient (Wildman–Crippen LogP) is 7.01. The van der Waals surface area contributed by atoms with Gasteiger partial charge in [0.05, 0.1) is 5.56 Å². The van der Waals surface area contributed by atoms with E-state index in [1.807, 2.05) is 6.07 Å². The minimum Gasteiger partial charge on any atom is -0.406 e. The number of halogens is 4. The Morgan fingerprint density at radius 2 is 1.62 bits per heavy atom. The Kier molecular flexibility index (Phi) is 6.43. The average molecular weight is 400 g/mol. The third kappa shape index (κ3) is 5.99. The largest absolute Gasteiger partial charge is 0.573 e. The zero-order valence-electron chi connectivity index (χ0n) is 15.9. The first-order valence-corrected chi connectivity index (χ1v) is 9.44. The summed E-state index contributed by atoms with van der Waals surface area (Å²) >= 11 is 0. The Bertz CT molecular complexity index is 1060. The second-order valence-corrected chi connectivity index (χ2v) is 6.79. The van der Waals surface area contributed by atoms with Crippen molar-refractivity contribution in [2.24, 2.45) is 0 Å². The fraction of sp³-hybridized carbons (Fsp3) is 0.250. The Labute approximate surface area is 167 Å². The molecular formula is C24H20F4O. The molecule has 0 saturated heterocycles. The van der Waals surface area contributed by atoms with Crippen LogP contribution >= 0.6 is 0 Å². The lowest BCUT2D eigenvalue weighted by Gasteiger charge is -2.09. The number of hydrogen-bond donors (Lipinski definition) is 0. The summed E-state index contributed by atoms with van der Waals surface area (Å²) in [6, 6.07) is 14.3.